The van der Waals surface area contributed by atoms with Gasteiger partial charge in [0.15, 0.2) is 11.5 Å². The molecule has 1 amide bonds. The van der Waals surface area contributed by atoms with E-state index in [1.807, 2.05) is 27.7 Å². The Balaban J connectivity index is 2.83. The Kier molecular flexibility index (Phi) is 7.18. The molecule has 0 aromatic heterocycles. The van der Waals surface area contributed by atoms with Crippen molar-refractivity contribution in [3.63, 3.8) is 0 Å². The van der Waals surface area contributed by atoms with Gasteiger partial charge in [-0.25, -0.2) is 0 Å². The molecule has 0 radical (unpaired) electrons. The number of nitrogens with two attached hydrogens (primary N) is 1. The SMILES string of the molecule is CCOc1ccc(C(=O)NCC(N)(CC)CC)cc1OCC. The third kappa shape index (κ3) is 4.91. The summed E-state index contributed by atoms with van der Waals surface area (Å²) in [5.74, 6) is 1.08. The lowest BCUT2D eigenvalue weighted by Crippen LogP contribution is -2.49. The van der Waals surface area contributed by atoms with Gasteiger partial charge < -0.3 is 20.5 Å². The lowest BCUT2D eigenvalue weighted by Gasteiger charge is -2.26. The molecule has 1 rings (SSSR count). The minimum Gasteiger partial charge on any atom is -0.490 e. The fourth-order valence-electron chi connectivity index (χ4n) is 2.05. The van der Waals surface area contributed by atoms with Crippen LogP contribution in [-0.4, -0.2) is 31.2 Å². The molecule has 0 fully saturated rings. The lowest BCUT2D eigenvalue weighted by molar-refractivity contribution is 0.0941. The number of nitrogens with one attached hydrogen (secondary N) is 1. The molecule has 0 heterocycles. The summed E-state index contributed by atoms with van der Waals surface area (Å²) in [6.07, 6.45) is 1.63. The van der Waals surface area contributed by atoms with Crippen molar-refractivity contribution in [3.05, 3.63) is 23.8 Å². The summed E-state index contributed by atoms with van der Waals surface area (Å²) < 4.78 is 11.0. The molecule has 0 aliphatic rings. The van der Waals surface area contributed by atoms with Crippen LogP contribution in [-0.2, 0) is 0 Å². The third-order valence-electron chi connectivity index (χ3n) is 3.81. The fourth-order valence-corrected chi connectivity index (χ4v) is 2.05. The van der Waals surface area contributed by atoms with Crippen LogP contribution in [0.2, 0.25) is 0 Å². The Morgan fingerprint density at radius 1 is 1.09 bits per heavy atom. The van der Waals surface area contributed by atoms with Gasteiger partial charge in [0.05, 0.1) is 13.2 Å². The second kappa shape index (κ2) is 8.63. The molecule has 0 atom stereocenters. The first-order valence-electron chi connectivity index (χ1n) is 7.96. The summed E-state index contributed by atoms with van der Waals surface area (Å²) in [4.78, 5) is 12.3. The number of benzene rings is 1. The van der Waals surface area contributed by atoms with Crippen molar-refractivity contribution in [3.8, 4) is 11.5 Å². The summed E-state index contributed by atoms with van der Waals surface area (Å²) in [6, 6.07) is 5.21. The third-order valence-corrected chi connectivity index (χ3v) is 3.81. The highest BCUT2D eigenvalue weighted by Gasteiger charge is 2.21. The van der Waals surface area contributed by atoms with Crippen molar-refractivity contribution in [2.45, 2.75) is 46.1 Å². The average Bonchev–Trinajstić information content (AvgIpc) is 2.54. The molecule has 5 heteroatoms. The van der Waals surface area contributed by atoms with Crippen molar-refractivity contribution >= 4 is 5.91 Å². The molecule has 0 unspecified atom stereocenters. The molecule has 0 aliphatic carbocycles. The molecule has 5 nitrogen and oxygen atoms in total. The van der Waals surface area contributed by atoms with Crippen LogP contribution in [0.1, 0.15) is 50.9 Å². The lowest BCUT2D eigenvalue weighted by atomic mass is 9.94. The highest BCUT2D eigenvalue weighted by Crippen LogP contribution is 2.28. The van der Waals surface area contributed by atoms with E-state index in [2.05, 4.69) is 5.32 Å². The van der Waals surface area contributed by atoms with Crippen LogP contribution >= 0.6 is 0 Å². The Morgan fingerprint density at radius 2 is 1.68 bits per heavy atom. The van der Waals surface area contributed by atoms with E-state index < -0.39 is 0 Å². The molecule has 124 valence electrons. The normalized spacial score (nSPS) is 11.1. The number of hydrogen-bond donors (Lipinski definition) is 2. The molecule has 0 aliphatic heterocycles. The van der Waals surface area contributed by atoms with Gasteiger partial charge >= 0.3 is 0 Å². The number of carbonyl (C=O) groups is 1. The highest BCUT2D eigenvalue weighted by molar-refractivity contribution is 5.94. The minimum atomic E-state index is -0.357. The van der Waals surface area contributed by atoms with Gasteiger partial charge in [0.1, 0.15) is 0 Å². The van der Waals surface area contributed by atoms with Gasteiger partial charge in [0.2, 0.25) is 0 Å². The summed E-state index contributed by atoms with van der Waals surface area (Å²) in [5.41, 5.74) is 6.39. The molecule has 22 heavy (non-hydrogen) atoms. The van der Waals surface area contributed by atoms with E-state index in [0.29, 0.717) is 36.8 Å². The molecule has 0 spiro atoms. The van der Waals surface area contributed by atoms with E-state index in [1.54, 1.807) is 18.2 Å². The Labute approximate surface area is 133 Å². The van der Waals surface area contributed by atoms with Crippen molar-refractivity contribution in [2.75, 3.05) is 19.8 Å². The van der Waals surface area contributed by atoms with Gasteiger partial charge in [-0.1, -0.05) is 13.8 Å². The van der Waals surface area contributed by atoms with Crippen molar-refractivity contribution in [1.82, 2.24) is 5.32 Å². The van der Waals surface area contributed by atoms with Crippen LogP contribution in [0, 0.1) is 0 Å². The molecule has 1 aromatic carbocycles. The summed E-state index contributed by atoms with van der Waals surface area (Å²) in [5, 5.41) is 2.90. The fraction of sp³-hybridized carbons (Fsp3) is 0.588. The smallest absolute Gasteiger partial charge is 0.251 e. The Morgan fingerprint density at radius 3 is 2.23 bits per heavy atom. The molecular formula is C17H28N2O3. The molecule has 0 bridgehead atoms. The van der Waals surface area contributed by atoms with E-state index in [9.17, 15) is 4.79 Å². The highest BCUT2D eigenvalue weighted by atomic mass is 16.5. The first-order valence-corrected chi connectivity index (χ1v) is 7.96. The van der Waals surface area contributed by atoms with Crippen LogP contribution in [0.3, 0.4) is 0 Å². The zero-order valence-corrected chi connectivity index (χ0v) is 14.1. The second-order valence-corrected chi connectivity index (χ2v) is 5.28. The maximum atomic E-state index is 12.3. The van der Waals surface area contributed by atoms with Gasteiger partial charge in [-0.05, 0) is 44.9 Å². The van der Waals surface area contributed by atoms with Gasteiger partial charge in [-0.3, -0.25) is 4.79 Å². The van der Waals surface area contributed by atoms with Crippen LogP contribution in [0.25, 0.3) is 0 Å². The second-order valence-electron chi connectivity index (χ2n) is 5.28. The van der Waals surface area contributed by atoms with E-state index >= 15 is 0 Å². The molecule has 0 saturated heterocycles. The molecule has 1 aromatic rings. The minimum absolute atomic E-state index is 0.152. The van der Waals surface area contributed by atoms with Crippen molar-refractivity contribution in [1.29, 1.82) is 0 Å². The maximum absolute atomic E-state index is 12.3. The first kappa shape index (κ1) is 18.3. The van der Waals surface area contributed by atoms with Crippen LogP contribution in [0.5, 0.6) is 11.5 Å². The molecule has 0 saturated carbocycles. The number of ether oxygens (including phenoxy) is 2. The number of rotatable bonds is 9. The zero-order valence-electron chi connectivity index (χ0n) is 14.1. The van der Waals surface area contributed by atoms with Crippen LogP contribution in [0.15, 0.2) is 18.2 Å². The van der Waals surface area contributed by atoms with Crippen molar-refractivity contribution in [2.24, 2.45) is 5.73 Å². The summed E-state index contributed by atoms with van der Waals surface area (Å²) in [7, 11) is 0. The topological polar surface area (TPSA) is 73.6 Å². The maximum Gasteiger partial charge on any atom is 0.251 e. The van der Waals surface area contributed by atoms with E-state index in [0.717, 1.165) is 12.8 Å². The van der Waals surface area contributed by atoms with E-state index in [1.165, 1.54) is 0 Å². The quantitative estimate of drug-likeness (QED) is 0.735. The largest absolute Gasteiger partial charge is 0.490 e. The average molecular weight is 308 g/mol. The predicted molar refractivity (Wildman–Crippen MR) is 88.6 cm³/mol. The monoisotopic (exact) mass is 308 g/mol. The van der Waals surface area contributed by atoms with Gasteiger partial charge in [0, 0.05) is 17.6 Å². The number of amides is 1. The standard InChI is InChI=1S/C17H28N2O3/c1-5-17(18,6-2)12-19-16(20)13-9-10-14(21-7-3)15(11-13)22-8-4/h9-11H,5-8,12,18H2,1-4H3,(H,19,20). The first-order chi connectivity index (χ1) is 10.5. The van der Waals surface area contributed by atoms with Crippen LogP contribution < -0.4 is 20.5 Å². The number of hydrogen-bond acceptors (Lipinski definition) is 4. The molecule has 3 N–H and O–H groups in total. The van der Waals surface area contributed by atoms with E-state index in [-0.39, 0.29) is 11.4 Å². The predicted octanol–water partition coefficient (Wildman–Crippen LogP) is 2.73. The summed E-state index contributed by atoms with van der Waals surface area (Å²) >= 11 is 0. The Hall–Kier alpha value is -1.75. The zero-order chi connectivity index (χ0) is 16.6. The Bertz CT molecular complexity index is 485. The van der Waals surface area contributed by atoms with Gasteiger partial charge in [-0.15, -0.1) is 0 Å². The summed E-state index contributed by atoms with van der Waals surface area (Å²) in [6.45, 7) is 9.38. The van der Waals surface area contributed by atoms with Crippen molar-refractivity contribution < 1.29 is 14.3 Å². The molecular weight excluding hydrogens is 280 g/mol. The van der Waals surface area contributed by atoms with Crippen LogP contribution in [0.4, 0.5) is 0 Å². The van der Waals surface area contributed by atoms with Gasteiger partial charge in [-0.2, -0.15) is 0 Å². The number of carbonyl (C=O) groups excluding carboxylic acids is 1. The van der Waals surface area contributed by atoms with Gasteiger partial charge in [0.25, 0.3) is 5.91 Å². The van der Waals surface area contributed by atoms with E-state index in [4.69, 9.17) is 15.2 Å².